The van der Waals surface area contributed by atoms with Gasteiger partial charge in [-0.25, -0.2) is 18.6 Å². The van der Waals surface area contributed by atoms with Gasteiger partial charge in [0.1, 0.15) is 30.4 Å². The predicted molar refractivity (Wildman–Crippen MR) is 188 cm³/mol. The van der Waals surface area contributed by atoms with Crippen LogP contribution < -0.4 is 4.74 Å². The molecular weight excluding hydrogens is 711 g/mol. The Bertz CT molecular complexity index is 1850. The highest BCUT2D eigenvalue weighted by Gasteiger charge is 2.28. The predicted octanol–water partition coefficient (Wildman–Crippen LogP) is 8.37. The van der Waals surface area contributed by atoms with Crippen molar-refractivity contribution in [1.29, 1.82) is 0 Å². The van der Waals surface area contributed by atoms with Gasteiger partial charge in [-0.05, 0) is 79.9 Å². The molecular formula is C35H34Cl3F2N7O3. The highest BCUT2D eigenvalue weighted by atomic mass is 35.5. The molecule has 262 valence electrons. The number of nitrogens with one attached hydrogen (secondary N) is 1. The molecule has 2 aromatic heterocycles. The fourth-order valence-corrected chi connectivity index (χ4v) is 6.32. The first kappa shape index (κ1) is 36.8. The van der Waals surface area contributed by atoms with Gasteiger partial charge in [-0.1, -0.05) is 41.7 Å². The van der Waals surface area contributed by atoms with E-state index in [1.807, 2.05) is 6.92 Å². The fraction of sp³-hybridized carbons (Fsp3) is 0.286. The monoisotopic (exact) mass is 743 g/mol. The summed E-state index contributed by atoms with van der Waals surface area (Å²) in [5, 5.41) is 9.50. The van der Waals surface area contributed by atoms with Gasteiger partial charge >= 0.3 is 6.03 Å². The van der Waals surface area contributed by atoms with Crippen LogP contribution in [0.3, 0.4) is 0 Å². The zero-order valence-corrected chi connectivity index (χ0v) is 29.3. The lowest BCUT2D eigenvalue weighted by molar-refractivity contribution is 0.0704. The van der Waals surface area contributed by atoms with Crippen LogP contribution in [-0.2, 0) is 0 Å². The van der Waals surface area contributed by atoms with E-state index >= 15 is 0 Å². The second-order valence-corrected chi connectivity index (χ2v) is 12.7. The van der Waals surface area contributed by atoms with Crippen LogP contribution in [0.2, 0.25) is 15.1 Å². The Kier molecular flexibility index (Phi) is 12.8. The number of hydrogen-bond acceptors (Lipinski definition) is 6. The molecule has 10 nitrogen and oxygen atoms in total. The van der Waals surface area contributed by atoms with E-state index in [1.165, 1.54) is 47.3 Å². The minimum absolute atomic E-state index is 0.0462. The number of ether oxygens (including phenoxy) is 1. The summed E-state index contributed by atoms with van der Waals surface area (Å²) < 4.78 is 33.2. The number of aromatic amines is 1. The van der Waals surface area contributed by atoms with E-state index in [4.69, 9.17) is 39.5 Å². The van der Waals surface area contributed by atoms with Gasteiger partial charge in [-0.3, -0.25) is 9.36 Å². The van der Waals surface area contributed by atoms with Crippen molar-refractivity contribution in [2.75, 3.05) is 32.8 Å². The smallest absolute Gasteiger partial charge is 0.329 e. The molecule has 1 saturated heterocycles. The molecule has 0 radical (unpaired) electrons. The Hall–Kier alpha value is -4.52. The van der Waals surface area contributed by atoms with Gasteiger partial charge < -0.3 is 19.5 Å². The molecule has 6 rings (SSSR count). The number of H-pyrrole nitrogens is 1. The van der Waals surface area contributed by atoms with Gasteiger partial charge in [0, 0.05) is 54.1 Å². The second-order valence-electron chi connectivity index (χ2n) is 11.4. The van der Waals surface area contributed by atoms with E-state index in [-0.39, 0.29) is 36.1 Å². The first-order chi connectivity index (χ1) is 24.1. The highest BCUT2D eigenvalue weighted by Crippen LogP contribution is 2.35. The number of halogens is 5. The number of likely N-dealkylation sites (tertiary alicyclic amines) is 1. The summed E-state index contributed by atoms with van der Waals surface area (Å²) >= 11 is 18.0. The van der Waals surface area contributed by atoms with E-state index in [0.717, 1.165) is 24.8 Å². The third-order valence-electron chi connectivity index (χ3n) is 7.87. The lowest BCUT2D eigenvalue weighted by Gasteiger charge is -2.31. The van der Waals surface area contributed by atoms with Crippen molar-refractivity contribution in [3.8, 4) is 17.1 Å². The zero-order valence-electron chi connectivity index (χ0n) is 27.0. The van der Waals surface area contributed by atoms with Gasteiger partial charge in [0.05, 0.1) is 16.6 Å². The summed E-state index contributed by atoms with van der Waals surface area (Å²) in [5.41, 5.74) is 1.23. The number of hydrogen-bond donors (Lipinski definition) is 1. The summed E-state index contributed by atoms with van der Waals surface area (Å²) in [7, 11) is 0. The topological polar surface area (TPSA) is 109 Å². The minimum Gasteiger partial charge on any atom is -0.489 e. The number of nitrogens with zero attached hydrogens (tertiary/aromatic N) is 6. The minimum atomic E-state index is -0.363. The maximum absolute atomic E-state index is 13.1. The van der Waals surface area contributed by atoms with Crippen molar-refractivity contribution < 1.29 is 23.1 Å². The first-order valence-electron chi connectivity index (χ1n) is 15.9. The molecule has 5 aromatic rings. The number of rotatable bonds is 9. The highest BCUT2D eigenvalue weighted by molar-refractivity contribution is 6.40. The molecule has 50 heavy (non-hydrogen) atoms. The molecule has 1 aliphatic heterocycles. The van der Waals surface area contributed by atoms with Crippen molar-refractivity contribution >= 4 is 46.7 Å². The number of amides is 2. The van der Waals surface area contributed by atoms with Crippen molar-refractivity contribution in [3.05, 3.63) is 117 Å². The molecule has 0 bridgehead atoms. The molecule has 3 heterocycles. The van der Waals surface area contributed by atoms with Crippen LogP contribution in [0, 0.1) is 11.6 Å². The first-order valence-corrected chi connectivity index (χ1v) is 17.0. The number of benzene rings is 3. The Morgan fingerprint density at radius 1 is 0.980 bits per heavy atom. The van der Waals surface area contributed by atoms with Gasteiger partial charge in [-0.15, -0.1) is 10.2 Å². The SMILES string of the molecule is CCCN(CCOc1c(Cl)cc(Cl)cc1Cl)C(=O)n1ccnc1.O=C(c1ccc(F)cc1)N1CCCC(c2nnc(-c3ccc(F)cc3)[nH]2)C1. The summed E-state index contributed by atoms with van der Waals surface area (Å²) in [6.45, 7) is 4.46. The van der Waals surface area contributed by atoms with Crippen LogP contribution in [0.15, 0.2) is 79.4 Å². The number of piperidine rings is 1. The van der Waals surface area contributed by atoms with E-state index < -0.39 is 0 Å². The second kappa shape index (κ2) is 17.4. The number of carbonyl (C=O) groups is 2. The standard InChI is InChI=1S/C20H18F2N4O.C15H16Cl3N3O2/c21-16-7-3-13(4-8-16)18-23-19(25-24-18)15-2-1-11-26(12-15)20(27)14-5-9-17(22)10-6-14;1-2-4-20(15(22)21-5-3-19-10-21)6-7-23-14-12(17)8-11(16)9-13(14)18/h3-10,15H,1-2,11-12H2,(H,23,24,25);3,5,8-10H,2,4,6-7H2,1H3. The van der Waals surface area contributed by atoms with Crippen LogP contribution >= 0.6 is 34.8 Å². The van der Waals surface area contributed by atoms with Crippen molar-refractivity contribution in [3.63, 3.8) is 0 Å². The molecule has 1 aliphatic rings. The molecule has 3 aromatic carbocycles. The molecule has 0 saturated carbocycles. The molecule has 1 N–H and O–H groups in total. The zero-order chi connectivity index (χ0) is 35.6. The molecule has 1 atom stereocenters. The van der Waals surface area contributed by atoms with Gasteiger partial charge in [0.2, 0.25) is 0 Å². The Morgan fingerprint density at radius 3 is 2.30 bits per heavy atom. The van der Waals surface area contributed by atoms with Gasteiger partial charge in [-0.2, -0.15) is 0 Å². The van der Waals surface area contributed by atoms with E-state index in [0.29, 0.717) is 64.2 Å². The molecule has 15 heteroatoms. The summed E-state index contributed by atoms with van der Waals surface area (Å²) in [5.74, 6) is 0.920. The van der Waals surface area contributed by atoms with Crippen LogP contribution in [0.4, 0.5) is 13.6 Å². The normalized spacial score (nSPS) is 14.1. The largest absolute Gasteiger partial charge is 0.489 e. The third kappa shape index (κ3) is 9.58. The van der Waals surface area contributed by atoms with E-state index in [9.17, 15) is 18.4 Å². The van der Waals surface area contributed by atoms with Crippen molar-refractivity contribution in [2.24, 2.45) is 0 Å². The maximum Gasteiger partial charge on any atom is 0.329 e. The Morgan fingerprint density at radius 2 is 1.66 bits per heavy atom. The van der Waals surface area contributed by atoms with Gasteiger partial charge in [0.15, 0.2) is 11.6 Å². The lowest BCUT2D eigenvalue weighted by atomic mass is 9.96. The summed E-state index contributed by atoms with van der Waals surface area (Å²) in [4.78, 5) is 35.5. The number of aromatic nitrogens is 5. The molecule has 1 fully saturated rings. The average molecular weight is 745 g/mol. The Labute approximate surface area is 302 Å². The van der Waals surface area contributed by atoms with Gasteiger partial charge in [0.25, 0.3) is 5.91 Å². The quantitative estimate of drug-likeness (QED) is 0.163. The van der Waals surface area contributed by atoms with Crippen LogP contribution in [0.5, 0.6) is 5.75 Å². The average Bonchev–Trinajstić information content (AvgIpc) is 3.83. The number of carbonyl (C=O) groups excluding carboxylic acids is 2. The Balaban J connectivity index is 0.000000197. The van der Waals surface area contributed by atoms with Crippen LogP contribution in [0.25, 0.3) is 11.4 Å². The van der Waals surface area contributed by atoms with Crippen molar-refractivity contribution in [1.82, 2.24) is 34.5 Å². The summed E-state index contributed by atoms with van der Waals surface area (Å²) in [6.07, 6.45) is 7.22. The molecule has 0 aliphatic carbocycles. The third-order valence-corrected chi connectivity index (χ3v) is 8.65. The van der Waals surface area contributed by atoms with E-state index in [2.05, 4.69) is 20.2 Å². The molecule has 0 spiro atoms. The van der Waals surface area contributed by atoms with Crippen molar-refractivity contribution in [2.45, 2.75) is 32.1 Å². The summed E-state index contributed by atoms with van der Waals surface area (Å²) in [6, 6.07) is 14.6. The van der Waals surface area contributed by atoms with Crippen LogP contribution in [-0.4, -0.2) is 79.3 Å². The fourth-order valence-electron chi connectivity index (χ4n) is 5.39. The maximum atomic E-state index is 13.1. The molecule has 1 unspecified atom stereocenters. The van der Waals surface area contributed by atoms with E-state index in [1.54, 1.807) is 46.5 Å². The number of imidazole rings is 1. The lowest BCUT2D eigenvalue weighted by Crippen LogP contribution is -2.39. The molecule has 2 amide bonds. The van der Waals surface area contributed by atoms with Crippen LogP contribution in [0.1, 0.15) is 48.3 Å².